The molecular formula is C14H18N4O5S. The van der Waals surface area contributed by atoms with E-state index in [1.165, 1.54) is 16.4 Å². The van der Waals surface area contributed by atoms with Crippen LogP contribution in [0.5, 0.6) is 0 Å². The number of nitrogens with one attached hydrogen (secondary N) is 2. The molecule has 3 rings (SSSR count). The van der Waals surface area contributed by atoms with Gasteiger partial charge in [0.25, 0.3) is 0 Å². The number of fused-ring (bicyclic) bond motifs is 1. The van der Waals surface area contributed by atoms with Crippen LogP contribution in [0.3, 0.4) is 0 Å². The van der Waals surface area contributed by atoms with Crippen LogP contribution >= 0.6 is 0 Å². The summed E-state index contributed by atoms with van der Waals surface area (Å²) >= 11 is 0. The lowest BCUT2D eigenvalue weighted by atomic mass is 10.2. The summed E-state index contributed by atoms with van der Waals surface area (Å²) < 4.78 is 26.8. The van der Waals surface area contributed by atoms with Crippen LogP contribution in [0.1, 0.15) is 6.92 Å². The second-order valence-electron chi connectivity index (χ2n) is 5.74. The lowest BCUT2D eigenvalue weighted by Crippen LogP contribution is -2.53. The van der Waals surface area contributed by atoms with Crippen molar-refractivity contribution < 1.29 is 18.3 Å². The average molecular weight is 354 g/mol. The van der Waals surface area contributed by atoms with Crippen LogP contribution in [0.15, 0.2) is 27.9 Å². The zero-order chi connectivity index (χ0) is 17.5. The number of rotatable bonds is 4. The molecule has 0 radical (unpaired) electrons. The van der Waals surface area contributed by atoms with Crippen molar-refractivity contribution in [3.63, 3.8) is 0 Å². The van der Waals surface area contributed by atoms with E-state index in [9.17, 15) is 18.0 Å². The van der Waals surface area contributed by atoms with Gasteiger partial charge in [-0.25, -0.2) is 13.2 Å². The number of aromatic nitrogens is 2. The fourth-order valence-corrected chi connectivity index (χ4v) is 4.26. The highest BCUT2D eigenvalue weighted by Crippen LogP contribution is 2.21. The van der Waals surface area contributed by atoms with Crippen LogP contribution < -0.4 is 5.69 Å². The van der Waals surface area contributed by atoms with Crippen molar-refractivity contribution in [1.29, 1.82) is 0 Å². The summed E-state index contributed by atoms with van der Waals surface area (Å²) in [5, 5.41) is 9.04. The molecule has 2 aromatic rings. The number of imidazole rings is 1. The number of aliphatic carboxylic acids is 1. The largest absolute Gasteiger partial charge is 0.480 e. The molecule has 10 heteroatoms. The Balaban J connectivity index is 1.80. The average Bonchev–Trinajstić information content (AvgIpc) is 2.93. The zero-order valence-corrected chi connectivity index (χ0v) is 13.8. The Morgan fingerprint density at radius 3 is 2.42 bits per heavy atom. The highest BCUT2D eigenvalue weighted by Gasteiger charge is 2.31. The van der Waals surface area contributed by atoms with Crippen LogP contribution in [0.2, 0.25) is 0 Å². The van der Waals surface area contributed by atoms with Crippen LogP contribution in [0.4, 0.5) is 0 Å². The molecule has 130 valence electrons. The zero-order valence-electron chi connectivity index (χ0n) is 13.0. The van der Waals surface area contributed by atoms with Crippen molar-refractivity contribution in [1.82, 2.24) is 19.2 Å². The Morgan fingerprint density at radius 1 is 1.17 bits per heavy atom. The molecule has 0 aliphatic carbocycles. The summed E-state index contributed by atoms with van der Waals surface area (Å²) in [6.45, 7) is 2.75. The smallest absolute Gasteiger partial charge is 0.323 e. The third-order valence-electron chi connectivity index (χ3n) is 4.30. The van der Waals surface area contributed by atoms with Gasteiger partial charge in [-0.15, -0.1) is 0 Å². The minimum absolute atomic E-state index is 0.102. The standard InChI is InChI=1S/C14H18N4O5S/c1-9(13(19)20)17-4-6-18(7-5-17)24(22,23)10-2-3-11-12(8-10)16-14(21)15-11/h2-3,8-9H,4-7H2,1H3,(H,19,20)(H2,15,16,21)/t9-/m1/s1. The third-order valence-corrected chi connectivity index (χ3v) is 6.20. The maximum absolute atomic E-state index is 12.7. The van der Waals surface area contributed by atoms with Gasteiger partial charge in [0, 0.05) is 26.2 Å². The van der Waals surface area contributed by atoms with E-state index in [2.05, 4.69) is 9.97 Å². The van der Waals surface area contributed by atoms with Gasteiger partial charge >= 0.3 is 11.7 Å². The number of carboxylic acid groups (broad SMARTS) is 1. The second kappa shape index (κ2) is 6.04. The van der Waals surface area contributed by atoms with Gasteiger partial charge in [0.15, 0.2) is 0 Å². The van der Waals surface area contributed by atoms with Gasteiger partial charge in [-0.1, -0.05) is 0 Å². The summed E-state index contributed by atoms with van der Waals surface area (Å²) in [6.07, 6.45) is 0. The fraction of sp³-hybridized carbons (Fsp3) is 0.429. The van der Waals surface area contributed by atoms with Gasteiger partial charge in [-0.3, -0.25) is 9.69 Å². The number of carboxylic acids is 1. The van der Waals surface area contributed by atoms with Gasteiger partial charge < -0.3 is 15.1 Å². The van der Waals surface area contributed by atoms with E-state index >= 15 is 0 Å². The molecule has 24 heavy (non-hydrogen) atoms. The maximum Gasteiger partial charge on any atom is 0.323 e. The number of aromatic amines is 2. The summed E-state index contributed by atoms with van der Waals surface area (Å²) in [5.41, 5.74) is 0.578. The first kappa shape index (κ1) is 16.7. The van der Waals surface area contributed by atoms with Crippen molar-refractivity contribution in [2.75, 3.05) is 26.2 Å². The first-order chi connectivity index (χ1) is 11.3. The topological polar surface area (TPSA) is 127 Å². The number of benzene rings is 1. The van der Waals surface area contributed by atoms with Gasteiger partial charge in [0.05, 0.1) is 15.9 Å². The van der Waals surface area contributed by atoms with E-state index in [-0.39, 0.29) is 18.0 Å². The molecular weight excluding hydrogens is 336 g/mol. The SMILES string of the molecule is C[C@H](C(=O)O)N1CCN(S(=O)(=O)c2ccc3[nH]c(=O)[nH]c3c2)CC1. The monoisotopic (exact) mass is 354 g/mol. The first-order valence-corrected chi connectivity index (χ1v) is 8.92. The number of hydrogen-bond donors (Lipinski definition) is 3. The fourth-order valence-electron chi connectivity index (χ4n) is 2.81. The van der Waals surface area contributed by atoms with Gasteiger partial charge in [-0.05, 0) is 25.1 Å². The van der Waals surface area contributed by atoms with Crippen molar-refractivity contribution in [3.05, 3.63) is 28.7 Å². The Labute approximate surface area is 137 Å². The Hall–Kier alpha value is -2.17. The molecule has 3 N–H and O–H groups in total. The third kappa shape index (κ3) is 2.95. The highest BCUT2D eigenvalue weighted by molar-refractivity contribution is 7.89. The lowest BCUT2D eigenvalue weighted by Gasteiger charge is -2.35. The molecule has 0 spiro atoms. The molecule has 0 bridgehead atoms. The molecule has 1 atom stereocenters. The highest BCUT2D eigenvalue weighted by atomic mass is 32.2. The summed E-state index contributed by atoms with van der Waals surface area (Å²) in [4.78, 5) is 29.2. The van der Waals surface area contributed by atoms with Crippen molar-refractivity contribution in [2.24, 2.45) is 0 Å². The lowest BCUT2D eigenvalue weighted by molar-refractivity contribution is -0.143. The van der Waals surface area contributed by atoms with E-state index in [1.807, 2.05) is 0 Å². The van der Waals surface area contributed by atoms with Crippen LogP contribution in [-0.4, -0.2) is 70.9 Å². The molecule has 1 aliphatic rings. The Kier molecular flexibility index (Phi) is 4.20. The van der Waals surface area contributed by atoms with Crippen LogP contribution in [0, 0.1) is 0 Å². The second-order valence-corrected chi connectivity index (χ2v) is 7.68. The summed E-state index contributed by atoms with van der Waals surface area (Å²) in [7, 11) is -3.69. The predicted octanol–water partition coefficient (Wildman–Crippen LogP) is -0.364. The van der Waals surface area contributed by atoms with Crippen molar-refractivity contribution in [3.8, 4) is 0 Å². The molecule has 1 saturated heterocycles. The maximum atomic E-state index is 12.7. The molecule has 0 amide bonds. The molecule has 0 saturated carbocycles. The van der Waals surface area contributed by atoms with E-state index < -0.39 is 27.7 Å². The van der Waals surface area contributed by atoms with Crippen molar-refractivity contribution >= 4 is 27.0 Å². The Bertz CT molecular complexity index is 924. The van der Waals surface area contributed by atoms with E-state index in [0.29, 0.717) is 24.1 Å². The number of carbonyl (C=O) groups is 1. The molecule has 1 aromatic carbocycles. The molecule has 1 aliphatic heterocycles. The van der Waals surface area contributed by atoms with Crippen LogP contribution in [0.25, 0.3) is 11.0 Å². The minimum atomic E-state index is -3.69. The quantitative estimate of drug-likeness (QED) is 0.688. The van der Waals surface area contributed by atoms with Crippen molar-refractivity contribution in [2.45, 2.75) is 17.9 Å². The molecule has 1 fully saturated rings. The van der Waals surface area contributed by atoms with E-state index in [4.69, 9.17) is 5.11 Å². The summed E-state index contributed by atoms with van der Waals surface area (Å²) in [5.74, 6) is -0.923. The normalized spacial score (nSPS) is 18.7. The molecule has 0 unspecified atom stereocenters. The number of piperazine rings is 1. The van der Waals surface area contributed by atoms with Gasteiger partial charge in [-0.2, -0.15) is 4.31 Å². The Morgan fingerprint density at radius 2 is 1.79 bits per heavy atom. The first-order valence-electron chi connectivity index (χ1n) is 7.48. The molecule has 1 aromatic heterocycles. The number of H-pyrrole nitrogens is 2. The molecule has 9 nitrogen and oxygen atoms in total. The summed E-state index contributed by atoms with van der Waals surface area (Å²) in [6, 6.07) is 3.78. The van der Waals surface area contributed by atoms with E-state index in [1.54, 1.807) is 17.9 Å². The van der Waals surface area contributed by atoms with E-state index in [0.717, 1.165) is 0 Å². The number of hydrogen-bond acceptors (Lipinski definition) is 5. The minimum Gasteiger partial charge on any atom is -0.480 e. The number of nitrogens with zero attached hydrogens (tertiary/aromatic N) is 2. The van der Waals surface area contributed by atoms with Gasteiger partial charge in [0.1, 0.15) is 6.04 Å². The predicted molar refractivity (Wildman–Crippen MR) is 86.3 cm³/mol. The number of sulfonamides is 1. The van der Waals surface area contributed by atoms with Gasteiger partial charge in [0.2, 0.25) is 10.0 Å². The van der Waals surface area contributed by atoms with Crippen LogP contribution in [-0.2, 0) is 14.8 Å². The molecule has 2 heterocycles.